The Hall–Kier alpha value is -1.49. The second kappa shape index (κ2) is 6.17. The Morgan fingerprint density at radius 3 is 2.81 bits per heavy atom. The van der Waals surface area contributed by atoms with Crippen LogP contribution in [0.5, 0.6) is 0 Å². The molecule has 1 unspecified atom stereocenters. The lowest BCUT2D eigenvalue weighted by Crippen LogP contribution is -2.28. The number of aromatic nitrogens is 1. The van der Waals surface area contributed by atoms with E-state index < -0.39 is 4.92 Å². The van der Waals surface area contributed by atoms with E-state index in [0.29, 0.717) is 6.04 Å². The molecule has 0 fully saturated rings. The predicted molar refractivity (Wildman–Crippen MR) is 62.4 cm³/mol. The first kappa shape index (κ1) is 12.6. The third-order valence-electron chi connectivity index (χ3n) is 2.28. The van der Waals surface area contributed by atoms with Gasteiger partial charge < -0.3 is 5.32 Å². The van der Waals surface area contributed by atoms with Gasteiger partial charge in [-0.1, -0.05) is 6.92 Å². The molecular weight excluding hydrogens is 206 g/mol. The Morgan fingerprint density at radius 1 is 1.56 bits per heavy atom. The quantitative estimate of drug-likeness (QED) is 0.591. The lowest BCUT2D eigenvalue weighted by atomic mass is 10.1. The lowest BCUT2D eigenvalue weighted by molar-refractivity contribution is -0.385. The van der Waals surface area contributed by atoms with Crippen LogP contribution in [0.1, 0.15) is 26.0 Å². The van der Waals surface area contributed by atoms with Crippen LogP contribution < -0.4 is 5.32 Å². The van der Waals surface area contributed by atoms with Gasteiger partial charge in [0.05, 0.1) is 4.92 Å². The van der Waals surface area contributed by atoms with Crippen LogP contribution in [0.25, 0.3) is 0 Å². The van der Waals surface area contributed by atoms with Gasteiger partial charge in [-0.25, -0.2) is 0 Å². The van der Waals surface area contributed by atoms with Gasteiger partial charge in [0.25, 0.3) is 5.69 Å². The van der Waals surface area contributed by atoms with E-state index in [2.05, 4.69) is 24.1 Å². The highest BCUT2D eigenvalue weighted by atomic mass is 16.6. The van der Waals surface area contributed by atoms with E-state index in [1.165, 1.54) is 12.3 Å². The van der Waals surface area contributed by atoms with Gasteiger partial charge in [0, 0.05) is 24.2 Å². The van der Waals surface area contributed by atoms with Crippen LogP contribution in [-0.4, -0.2) is 22.5 Å². The van der Waals surface area contributed by atoms with Crippen molar-refractivity contribution in [2.45, 2.75) is 32.7 Å². The molecule has 0 aliphatic heterocycles. The molecule has 16 heavy (non-hydrogen) atoms. The molecule has 0 saturated heterocycles. The molecule has 0 aliphatic rings. The van der Waals surface area contributed by atoms with Crippen molar-refractivity contribution in [2.75, 3.05) is 6.54 Å². The van der Waals surface area contributed by atoms with Crippen molar-refractivity contribution in [3.05, 3.63) is 34.1 Å². The Bertz CT molecular complexity index is 338. The number of hydrogen-bond acceptors (Lipinski definition) is 4. The summed E-state index contributed by atoms with van der Waals surface area (Å²) in [6, 6.07) is 3.55. The first-order valence-corrected chi connectivity index (χ1v) is 5.46. The van der Waals surface area contributed by atoms with Crippen molar-refractivity contribution < 1.29 is 4.92 Å². The molecule has 1 aromatic heterocycles. The third-order valence-corrected chi connectivity index (χ3v) is 2.28. The Kier molecular flexibility index (Phi) is 4.85. The van der Waals surface area contributed by atoms with Gasteiger partial charge >= 0.3 is 0 Å². The molecular formula is C11H17N3O2. The average molecular weight is 223 g/mol. The summed E-state index contributed by atoms with van der Waals surface area (Å²) >= 11 is 0. The minimum Gasteiger partial charge on any atom is -0.314 e. The first-order valence-electron chi connectivity index (χ1n) is 5.46. The summed E-state index contributed by atoms with van der Waals surface area (Å²) in [5, 5.41) is 13.8. The van der Waals surface area contributed by atoms with Gasteiger partial charge in [0.15, 0.2) is 0 Å². The van der Waals surface area contributed by atoms with Gasteiger partial charge in [-0.15, -0.1) is 0 Å². The Morgan fingerprint density at radius 2 is 2.31 bits per heavy atom. The van der Waals surface area contributed by atoms with Crippen LogP contribution in [-0.2, 0) is 6.42 Å². The van der Waals surface area contributed by atoms with Crippen LogP contribution in [0.3, 0.4) is 0 Å². The number of nitro groups is 1. The van der Waals surface area contributed by atoms with Gasteiger partial charge in [-0.2, -0.15) is 0 Å². The van der Waals surface area contributed by atoms with Crippen molar-refractivity contribution in [3.8, 4) is 0 Å². The fourth-order valence-electron chi connectivity index (χ4n) is 1.42. The normalized spacial score (nSPS) is 12.4. The first-order chi connectivity index (χ1) is 7.63. The average Bonchev–Trinajstić information content (AvgIpc) is 2.27. The number of rotatable bonds is 6. The molecule has 0 aliphatic carbocycles. The van der Waals surface area contributed by atoms with Gasteiger partial charge in [0.2, 0.25) is 0 Å². The summed E-state index contributed by atoms with van der Waals surface area (Å²) in [7, 11) is 0. The molecule has 5 heteroatoms. The maximum atomic E-state index is 10.4. The number of hydrogen-bond donors (Lipinski definition) is 1. The van der Waals surface area contributed by atoms with Crippen molar-refractivity contribution in [1.29, 1.82) is 0 Å². The van der Waals surface area contributed by atoms with E-state index in [1.807, 2.05) is 0 Å². The SMILES string of the molecule is CCCNC(C)Cc1ccc([N+](=O)[O-])cn1. The van der Waals surface area contributed by atoms with E-state index in [9.17, 15) is 10.1 Å². The monoisotopic (exact) mass is 223 g/mol. The Balaban J connectivity index is 2.51. The van der Waals surface area contributed by atoms with Crippen molar-refractivity contribution in [3.63, 3.8) is 0 Å². The minimum absolute atomic E-state index is 0.0397. The van der Waals surface area contributed by atoms with E-state index in [1.54, 1.807) is 6.07 Å². The van der Waals surface area contributed by atoms with Gasteiger partial charge in [-0.3, -0.25) is 15.1 Å². The molecule has 5 nitrogen and oxygen atoms in total. The zero-order chi connectivity index (χ0) is 12.0. The minimum atomic E-state index is -0.435. The molecule has 1 atom stereocenters. The largest absolute Gasteiger partial charge is 0.314 e. The van der Waals surface area contributed by atoms with Gasteiger partial charge in [0.1, 0.15) is 6.20 Å². The van der Waals surface area contributed by atoms with Crippen LogP contribution in [0.15, 0.2) is 18.3 Å². The highest BCUT2D eigenvalue weighted by Gasteiger charge is 2.07. The standard InChI is InChI=1S/C11H17N3O2/c1-3-6-12-9(2)7-10-4-5-11(8-13-10)14(15)16/h4-5,8-9,12H,3,6-7H2,1-2H3. The maximum Gasteiger partial charge on any atom is 0.287 e. The molecule has 1 aromatic rings. The molecule has 1 N–H and O–H groups in total. The number of nitrogens with one attached hydrogen (secondary N) is 1. The molecule has 1 heterocycles. The molecule has 0 radical (unpaired) electrons. The summed E-state index contributed by atoms with van der Waals surface area (Å²) in [5.74, 6) is 0. The summed E-state index contributed by atoms with van der Waals surface area (Å²) in [6.45, 7) is 5.18. The molecule has 0 aromatic carbocycles. The summed E-state index contributed by atoms with van der Waals surface area (Å²) in [5.41, 5.74) is 0.916. The van der Waals surface area contributed by atoms with Crippen LogP contribution in [0.2, 0.25) is 0 Å². The highest BCUT2D eigenvalue weighted by Crippen LogP contribution is 2.09. The van der Waals surface area contributed by atoms with Crippen molar-refractivity contribution in [2.24, 2.45) is 0 Å². The number of nitrogens with zero attached hydrogens (tertiary/aromatic N) is 2. The van der Waals surface area contributed by atoms with Gasteiger partial charge in [-0.05, 0) is 26.0 Å². The molecule has 0 saturated carbocycles. The lowest BCUT2D eigenvalue weighted by Gasteiger charge is -2.11. The topological polar surface area (TPSA) is 68.1 Å². The zero-order valence-electron chi connectivity index (χ0n) is 9.64. The number of pyridine rings is 1. The predicted octanol–water partition coefficient (Wildman–Crippen LogP) is 1.92. The van der Waals surface area contributed by atoms with Crippen LogP contribution in [0.4, 0.5) is 5.69 Å². The molecule has 88 valence electrons. The third kappa shape index (κ3) is 3.94. The molecule has 0 amide bonds. The maximum absolute atomic E-state index is 10.4. The van der Waals surface area contributed by atoms with E-state index in [-0.39, 0.29) is 5.69 Å². The van der Waals surface area contributed by atoms with Crippen molar-refractivity contribution in [1.82, 2.24) is 10.3 Å². The smallest absolute Gasteiger partial charge is 0.287 e. The van der Waals surface area contributed by atoms with Crippen LogP contribution >= 0.6 is 0 Å². The van der Waals surface area contributed by atoms with E-state index in [4.69, 9.17) is 0 Å². The summed E-state index contributed by atoms with van der Waals surface area (Å²) in [4.78, 5) is 14.1. The van der Waals surface area contributed by atoms with E-state index >= 15 is 0 Å². The molecule has 1 rings (SSSR count). The second-order valence-electron chi connectivity index (χ2n) is 3.82. The van der Waals surface area contributed by atoms with Crippen LogP contribution in [0, 0.1) is 10.1 Å². The highest BCUT2D eigenvalue weighted by molar-refractivity contribution is 5.26. The fraction of sp³-hybridized carbons (Fsp3) is 0.545. The Labute approximate surface area is 95.0 Å². The fourth-order valence-corrected chi connectivity index (χ4v) is 1.42. The second-order valence-corrected chi connectivity index (χ2v) is 3.82. The summed E-state index contributed by atoms with van der Waals surface area (Å²) < 4.78 is 0. The summed E-state index contributed by atoms with van der Waals surface area (Å²) in [6.07, 6.45) is 3.19. The molecule has 0 bridgehead atoms. The zero-order valence-corrected chi connectivity index (χ0v) is 9.64. The molecule has 0 spiro atoms. The van der Waals surface area contributed by atoms with Crippen molar-refractivity contribution >= 4 is 5.69 Å². The van der Waals surface area contributed by atoms with E-state index in [0.717, 1.165) is 25.1 Å².